The van der Waals surface area contributed by atoms with Crippen molar-refractivity contribution in [1.82, 2.24) is 0 Å². The van der Waals surface area contributed by atoms with Crippen molar-refractivity contribution in [1.29, 1.82) is 0 Å². The predicted octanol–water partition coefficient (Wildman–Crippen LogP) is 2.23. The normalized spacial score (nSPS) is 10.1. The van der Waals surface area contributed by atoms with Gasteiger partial charge in [-0.2, -0.15) is 0 Å². The van der Waals surface area contributed by atoms with E-state index in [4.69, 9.17) is 5.11 Å². The zero-order chi connectivity index (χ0) is 15.6. The van der Waals surface area contributed by atoms with Crippen LogP contribution in [0.3, 0.4) is 0 Å². The summed E-state index contributed by atoms with van der Waals surface area (Å²) in [5.74, 6) is -3.09. The number of carboxylic acids is 1. The molecule has 0 unspecified atom stereocenters. The van der Waals surface area contributed by atoms with Gasteiger partial charge in [-0.25, -0.2) is 4.79 Å². The fraction of sp³-hybridized carbons (Fsp3) is 0. The van der Waals surface area contributed by atoms with E-state index in [1.54, 1.807) is 18.2 Å². The van der Waals surface area contributed by atoms with Gasteiger partial charge in [0.15, 0.2) is 5.75 Å². The fourth-order valence-corrected chi connectivity index (χ4v) is 1.91. The van der Waals surface area contributed by atoms with Crippen LogP contribution in [0.2, 0.25) is 0 Å². The zero-order valence-electron chi connectivity index (χ0n) is 10.5. The van der Waals surface area contributed by atoms with Gasteiger partial charge in [0.25, 0.3) is 0 Å². The zero-order valence-corrected chi connectivity index (χ0v) is 10.5. The summed E-state index contributed by atoms with van der Waals surface area (Å²) >= 11 is 0. The van der Waals surface area contributed by atoms with Gasteiger partial charge in [0.1, 0.15) is 5.56 Å². The lowest BCUT2D eigenvalue weighted by Gasteiger charge is -2.07. The van der Waals surface area contributed by atoms with Gasteiger partial charge in [-0.15, -0.1) is 0 Å². The van der Waals surface area contributed by atoms with Crippen molar-refractivity contribution < 1.29 is 24.7 Å². The van der Waals surface area contributed by atoms with Gasteiger partial charge in [0, 0.05) is 5.56 Å². The van der Waals surface area contributed by atoms with E-state index in [1.165, 1.54) is 12.1 Å². The van der Waals surface area contributed by atoms with Crippen LogP contribution in [0.1, 0.15) is 26.3 Å². The molecule has 0 amide bonds. The first-order valence-electron chi connectivity index (χ1n) is 5.77. The molecule has 21 heavy (non-hydrogen) atoms. The number of aromatic hydroxyl groups is 1. The summed E-state index contributed by atoms with van der Waals surface area (Å²) in [4.78, 5) is 33.6. The van der Waals surface area contributed by atoms with Gasteiger partial charge in [-0.05, 0) is 12.1 Å². The summed E-state index contributed by atoms with van der Waals surface area (Å²) in [6.45, 7) is 0. The van der Waals surface area contributed by atoms with Crippen LogP contribution in [0.25, 0.3) is 0 Å². The molecule has 0 saturated carbocycles. The van der Waals surface area contributed by atoms with Crippen LogP contribution in [-0.4, -0.2) is 26.9 Å². The van der Waals surface area contributed by atoms with Crippen molar-refractivity contribution in [3.63, 3.8) is 0 Å². The summed E-state index contributed by atoms with van der Waals surface area (Å²) in [6.07, 6.45) is 0. The Morgan fingerprint density at radius 3 is 2.19 bits per heavy atom. The molecule has 2 aromatic carbocycles. The van der Waals surface area contributed by atoms with Gasteiger partial charge in [-0.1, -0.05) is 30.3 Å². The second-order valence-electron chi connectivity index (χ2n) is 4.11. The molecule has 2 N–H and O–H groups in total. The molecular formula is C14H9NO6. The topological polar surface area (TPSA) is 118 Å². The summed E-state index contributed by atoms with van der Waals surface area (Å²) < 4.78 is 0. The Labute approximate surface area is 118 Å². The molecular weight excluding hydrogens is 278 g/mol. The number of carboxylic acid groups (broad SMARTS) is 1. The molecule has 7 nitrogen and oxygen atoms in total. The Hall–Kier alpha value is -3.22. The number of nitrogens with zero attached hydrogens (tertiary/aromatic N) is 1. The van der Waals surface area contributed by atoms with Crippen LogP contribution < -0.4 is 0 Å². The molecule has 0 aromatic heterocycles. The second kappa shape index (κ2) is 5.41. The molecule has 2 rings (SSSR count). The molecule has 0 aliphatic rings. The minimum absolute atomic E-state index is 0.0914. The number of nitro benzene ring substituents is 1. The van der Waals surface area contributed by atoms with E-state index in [0.717, 1.165) is 12.1 Å². The Kier molecular flexibility index (Phi) is 3.66. The second-order valence-corrected chi connectivity index (χ2v) is 4.11. The Morgan fingerprint density at radius 1 is 1.05 bits per heavy atom. The summed E-state index contributed by atoms with van der Waals surface area (Å²) in [5, 5.41) is 29.7. The number of phenolic OH excluding ortho intramolecular Hbond substituents is 1. The third-order valence-corrected chi connectivity index (χ3v) is 2.83. The van der Waals surface area contributed by atoms with Gasteiger partial charge in [0.05, 0.1) is 10.5 Å². The third-order valence-electron chi connectivity index (χ3n) is 2.83. The molecule has 0 aliphatic carbocycles. The van der Waals surface area contributed by atoms with Gasteiger partial charge >= 0.3 is 11.7 Å². The largest absolute Gasteiger partial charge is 0.502 e. The van der Waals surface area contributed by atoms with Crippen LogP contribution in [0.4, 0.5) is 5.69 Å². The van der Waals surface area contributed by atoms with Crippen molar-refractivity contribution in [2.45, 2.75) is 0 Å². The van der Waals surface area contributed by atoms with E-state index in [-0.39, 0.29) is 5.56 Å². The fourth-order valence-electron chi connectivity index (χ4n) is 1.91. The Morgan fingerprint density at radius 2 is 1.67 bits per heavy atom. The first-order chi connectivity index (χ1) is 9.93. The highest BCUT2D eigenvalue weighted by Gasteiger charge is 2.31. The predicted molar refractivity (Wildman–Crippen MR) is 71.6 cm³/mol. The lowest BCUT2D eigenvalue weighted by molar-refractivity contribution is -0.386. The number of rotatable bonds is 4. The lowest BCUT2D eigenvalue weighted by atomic mass is 9.96. The van der Waals surface area contributed by atoms with Crippen LogP contribution >= 0.6 is 0 Å². The van der Waals surface area contributed by atoms with Crippen molar-refractivity contribution in [2.75, 3.05) is 0 Å². The summed E-state index contributed by atoms with van der Waals surface area (Å²) in [5.41, 5.74) is -2.00. The number of hydrogen-bond acceptors (Lipinski definition) is 5. The number of carbonyl (C=O) groups excluding carboxylic acids is 1. The van der Waals surface area contributed by atoms with Crippen LogP contribution in [0.5, 0.6) is 5.75 Å². The van der Waals surface area contributed by atoms with Crippen molar-refractivity contribution in [2.24, 2.45) is 0 Å². The first-order valence-corrected chi connectivity index (χ1v) is 5.77. The molecule has 0 spiro atoms. The molecule has 0 bridgehead atoms. The number of nitro groups is 1. The van der Waals surface area contributed by atoms with Gasteiger partial charge < -0.3 is 10.2 Å². The minimum Gasteiger partial charge on any atom is -0.502 e. The standard InChI is InChI=1S/C14H9NO6/c16-10-7-6-9(14(18)19)11(12(10)15(20)21)13(17)8-4-2-1-3-5-8/h1-7,16H,(H,18,19). The SMILES string of the molecule is O=C(O)c1ccc(O)c([N+](=O)[O-])c1C(=O)c1ccccc1. The lowest BCUT2D eigenvalue weighted by Crippen LogP contribution is -2.12. The molecule has 2 aromatic rings. The van der Waals surface area contributed by atoms with Gasteiger partial charge in [0.2, 0.25) is 5.78 Å². The third kappa shape index (κ3) is 2.57. The van der Waals surface area contributed by atoms with Crippen LogP contribution in [0.15, 0.2) is 42.5 Å². The molecule has 7 heteroatoms. The Bertz CT molecular complexity index is 739. The van der Waals surface area contributed by atoms with E-state index in [1.807, 2.05) is 0 Å². The number of hydrogen-bond donors (Lipinski definition) is 2. The molecule has 0 saturated heterocycles. The highest BCUT2D eigenvalue weighted by molar-refractivity contribution is 6.17. The minimum atomic E-state index is -1.49. The Balaban J connectivity index is 2.76. The van der Waals surface area contributed by atoms with Crippen molar-refractivity contribution in [3.8, 4) is 5.75 Å². The molecule has 0 fully saturated rings. The monoisotopic (exact) mass is 287 g/mol. The number of phenols is 1. The smallest absolute Gasteiger partial charge is 0.336 e. The molecule has 0 heterocycles. The molecule has 0 radical (unpaired) electrons. The van der Waals surface area contributed by atoms with Gasteiger partial charge in [-0.3, -0.25) is 14.9 Å². The average Bonchev–Trinajstić information content (AvgIpc) is 2.46. The molecule has 106 valence electrons. The van der Waals surface area contributed by atoms with Crippen LogP contribution in [0, 0.1) is 10.1 Å². The maximum absolute atomic E-state index is 12.4. The van der Waals surface area contributed by atoms with Crippen LogP contribution in [-0.2, 0) is 0 Å². The maximum atomic E-state index is 12.4. The van der Waals surface area contributed by atoms with E-state index in [0.29, 0.717) is 0 Å². The van der Waals surface area contributed by atoms with E-state index in [2.05, 4.69) is 0 Å². The first kappa shape index (κ1) is 14.2. The summed E-state index contributed by atoms with van der Waals surface area (Å²) in [6, 6.07) is 9.38. The average molecular weight is 287 g/mol. The molecule has 0 atom stereocenters. The van der Waals surface area contributed by atoms with Crippen molar-refractivity contribution in [3.05, 3.63) is 69.3 Å². The number of benzene rings is 2. The summed E-state index contributed by atoms with van der Waals surface area (Å²) in [7, 11) is 0. The highest BCUT2D eigenvalue weighted by atomic mass is 16.6. The quantitative estimate of drug-likeness (QED) is 0.505. The van der Waals surface area contributed by atoms with E-state index >= 15 is 0 Å². The number of ketones is 1. The van der Waals surface area contributed by atoms with E-state index in [9.17, 15) is 24.8 Å². The highest BCUT2D eigenvalue weighted by Crippen LogP contribution is 2.34. The van der Waals surface area contributed by atoms with E-state index < -0.39 is 39.2 Å². The molecule has 0 aliphatic heterocycles. The van der Waals surface area contributed by atoms with Crippen molar-refractivity contribution >= 4 is 17.4 Å². The number of aromatic carboxylic acids is 1. The number of carbonyl (C=O) groups is 2. The maximum Gasteiger partial charge on any atom is 0.336 e.